The van der Waals surface area contributed by atoms with Crippen molar-refractivity contribution in [2.75, 3.05) is 0 Å². The number of alkyl halides is 3. The van der Waals surface area contributed by atoms with Gasteiger partial charge in [0.25, 0.3) is 0 Å². The zero-order chi connectivity index (χ0) is 11.9. The van der Waals surface area contributed by atoms with E-state index in [1.807, 2.05) is 0 Å². The highest BCUT2D eigenvalue weighted by Gasteiger charge is 2.30. The van der Waals surface area contributed by atoms with Gasteiger partial charge in [-0.2, -0.15) is 13.2 Å². The maximum Gasteiger partial charge on any atom is 0.416 e. The molecule has 0 saturated carbocycles. The van der Waals surface area contributed by atoms with Crippen LogP contribution in [-0.4, -0.2) is 10.8 Å². The smallest absolute Gasteiger partial charge is 0.352 e. The number of hydrogen-bond donors (Lipinski definition) is 1. The first-order chi connectivity index (χ1) is 7.38. The van der Waals surface area contributed by atoms with E-state index in [2.05, 4.69) is 4.98 Å². The zero-order valence-electron chi connectivity index (χ0n) is 8.35. The topological polar surface area (TPSA) is 32.9 Å². The van der Waals surface area contributed by atoms with Crippen molar-refractivity contribution in [2.24, 2.45) is 0 Å². The van der Waals surface area contributed by atoms with Gasteiger partial charge in [0.2, 0.25) is 0 Å². The van der Waals surface area contributed by atoms with E-state index in [1.54, 1.807) is 0 Å². The molecule has 0 unspecified atom stereocenters. The molecule has 2 aromatic rings. The molecular formula is C11H8F3NO. The van der Waals surface area contributed by atoms with Crippen molar-refractivity contribution < 1.29 is 18.0 Å². The lowest BCUT2D eigenvalue weighted by molar-refractivity contribution is -0.137. The number of benzene rings is 1. The normalized spacial score (nSPS) is 12.0. The third-order valence-electron chi connectivity index (χ3n) is 2.33. The molecule has 0 aliphatic rings. The number of carbonyl (C=O) groups excluding carboxylic acids is 1. The molecule has 0 amide bonds. The maximum absolute atomic E-state index is 12.4. The van der Waals surface area contributed by atoms with E-state index in [0.717, 1.165) is 12.1 Å². The van der Waals surface area contributed by atoms with E-state index < -0.39 is 11.7 Å². The summed E-state index contributed by atoms with van der Waals surface area (Å²) in [6, 6.07) is 4.89. The fraction of sp³-hybridized carbons (Fsp3) is 0.182. The summed E-state index contributed by atoms with van der Waals surface area (Å²) in [4.78, 5) is 13.7. The summed E-state index contributed by atoms with van der Waals surface area (Å²) in [6.45, 7) is 1.36. The number of rotatable bonds is 1. The van der Waals surface area contributed by atoms with Crippen molar-refractivity contribution in [2.45, 2.75) is 13.1 Å². The van der Waals surface area contributed by atoms with Crippen molar-refractivity contribution in [3.8, 4) is 0 Å². The molecule has 16 heavy (non-hydrogen) atoms. The van der Waals surface area contributed by atoms with Crippen LogP contribution >= 0.6 is 0 Å². The summed E-state index contributed by atoms with van der Waals surface area (Å²) in [5.41, 5.74) is -0.0914. The number of aromatic nitrogens is 1. The number of H-pyrrole nitrogens is 1. The molecular weight excluding hydrogens is 219 g/mol. The molecule has 0 bridgehead atoms. The van der Waals surface area contributed by atoms with Crippen molar-refractivity contribution in [3.05, 3.63) is 35.5 Å². The van der Waals surface area contributed by atoms with Gasteiger partial charge < -0.3 is 4.98 Å². The van der Waals surface area contributed by atoms with Crippen LogP contribution < -0.4 is 0 Å². The Morgan fingerprint density at radius 1 is 1.25 bits per heavy atom. The van der Waals surface area contributed by atoms with Gasteiger partial charge in [-0.05, 0) is 18.2 Å². The van der Waals surface area contributed by atoms with Gasteiger partial charge in [-0.1, -0.05) is 6.07 Å². The minimum atomic E-state index is -4.37. The van der Waals surface area contributed by atoms with E-state index >= 15 is 0 Å². The molecule has 5 heteroatoms. The Bertz CT molecular complexity index is 554. The standard InChI is InChI=1S/C11H8F3NO/c1-6(16)9-4-7-2-3-8(11(12,13)14)5-10(7)15-9/h2-5,15H,1H3. The molecule has 1 N–H and O–H groups in total. The van der Waals surface area contributed by atoms with Gasteiger partial charge >= 0.3 is 6.18 Å². The van der Waals surface area contributed by atoms with Gasteiger partial charge in [-0.15, -0.1) is 0 Å². The summed E-state index contributed by atoms with van der Waals surface area (Å²) >= 11 is 0. The monoisotopic (exact) mass is 227 g/mol. The predicted octanol–water partition coefficient (Wildman–Crippen LogP) is 3.39. The average molecular weight is 227 g/mol. The lowest BCUT2D eigenvalue weighted by Crippen LogP contribution is -2.04. The van der Waals surface area contributed by atoms with Crippen molar-refractivity contribution in [1.29, 1.82) is 0 Å². The van der Waals surface area contributed by atoms with E-state index in [1.165, 1.54) is 19.1 Å². The highest BCUT2D eigenvalue weighted by molar-refractivity contribution is 5.98. The van der Waals surface area contributed by atoms with Gasteiger partial charge in [0.15, 0.2) is 5.78 Å². The van der Waals surface area contributed by atoms with Crippen molar-refractivity contribution in [3.63, 3.8) is 0 Å². The van der Waals surface area contributed by atoms with Gasteiger partial charge in [0.1, 0.15) is 0 Å². The Labute approximate surface area is 89.1 Å². The van der Waals surface area contributed by atoms with Crippen LogP contribution in [0.1, 0.15) is 23.0 Å². The molecule has 0 fully saturated rings. The second-order valence-electron chi connectivity index (χ2n) is 3.54. The first-order valence-electron chi connectivity index (χ1n) is 4.59. The molecule has 1 heterocycles. The number of halogens is 3. The zero-order valence-corrected chi connectivity index (χ0v) is 8.35. The number of fused-ring (bicyclic) bond motifs is 1. The number of nitrogens with one attached hydrogen (secondary N) is 1. The fourth-order valence-corrected chi connectivity index (χ4v) is 1.49. The summed E-state index contributed by atoms with van der Waals surface area (Å²) in [5.74, 6) is -0.204. The average Bonchev–Trinajstić information content (AvgIpc) is 2.58. The van der Waals surface area contributed by atoms with Gasteiger partial charge in [0, 0.05) is 17.8 Å². The molecule has 84 valence electrons. The summed E-state index contributed by atoms with van der Waals surface area (Å²) in [5, 5.41) is 0.596. The second-order valence-corrected chi connectivity index (χ2v) is 3.54. The van der Waals surface area contributed by atoms with Crippen molar-refractivity contribution in [1.82, 2.24) is 4.98 Å². The third-order valence-corrected chi connectivity index (χ3v) is 2.33. The van der Waals surface area contributed by atoms with Crippen LogP contribution in [0.3, 0.4) is 0 Å². The predicted molar refractivity (Wildman–Crippen MR) is 53.3 cm³/mol. The SMILES string of the molecule is CC(=O)c1cc2ccc(C(F)(F)F)cc2[nH]1. The van der Waals surface area contributed by atoms with Crippen LogP contribution in [0, 0.1) is 0 Å². The molecule has 0 atom stereocenters. The number of hydrogen-bond acceptors (Lipinski definition) is 1. The largest absolute Gasteiger partial charge is 0.416 e. The summed E-state index contributed by atoms with van der Waals surface area (Å²) < 4.78 is 37.2. The molecule has 0 saturated heterocycles. The number of aromatic amines is 1. The minimum Gasteiger partial charge on any atom is -0.352 e. The quantitative estimate of drug-likeness (QED) is 0.744. The Morgan fingerprint density at radius 3 is 2.50 bits per heavy atom. The highest BCUT2D eigenvalue weighted by Crippen LogP contribution is 2.31. The first kappa shape index (κ1) is 10.7. The van der Waals surface area contributed by atoms with Crippen LogP contribution in [0.5, 0.6) is 0 Å². The van der Waals surface area contributed by atoms with E-state index in [4.69, 9.17) is 0 Å². The van der Waals surface area contributed by atoms with E-state index in [0.29, 0.717) is 16.6 Å². The van der Waals surface area contributed by atoms with Crippen LogP contribution in [0.4, 0.5) is 13.2 Å². The molecule has 0 spiro atoms. The minimum absolute atomic E-state index is 0.204. The Morgan fingerprint density at radius 2 is 1.94 bits per heavy atom. The number of carbonyl (C=O) groups is 1. The fourth-order valence-electron chi connectivity index (χ4n) is 1.49. The summed E-state index contributed by atoms with van der Waals surface area (Å²) in [6.07, 6.45) is -4.37. The van der Waals surface area contributed by atoms with E-state index in [-0.39, 0.29) is 5.78 Å². The van der Waals surface area contributed by atoms with E-state index in [9.17, 15) is 18.0 Å². The molecule has 0 radical (unpaired) electrons. The lowest BCUT2D eigenvalue weighted by Gasteiger charge is -2.05. The Balaban J connectivity index is 2.58. The molecule has 0 aliphatic carbocycles. The Kier molecular flexibility index (Phi) is 2.26. The third kappa shape index (κ3) is 1.80. The molecule has 2 rings (SSSR count). The van der Waals surface area contributed by atoms with Crippen LogP contribution in [0.25, 0.3) is 10.9 Å². The van der Waals surface area contributed by atoms with Gasteiger partial charge in [-0.3, -0.25) is 4.79 Å². The number of ketones is 1. The molecule has 1 aromatic carbocycles. The lowest BCUT2D eigenvalue weighted by atomic mass is 10.1. The molecule has 2 nitrogen and oxygen atoms in total. The van der Waals surface area contributed by atoms with Crippen molar-refractivity contribution >= 4 is 16.7 Å². The van der Waals surface area contributed by atoms with Crippen LogP contribution in [-0.2, 0) is 6.18 Å². The molecule has 1 aromatic heterocycles. The van der Waals surface area contributed by atoms with Crippen LogP contribution in [0.2, 0.25) is 0 Å². The Hall–Kier alpha value is -1.78. The summed E-state index contributed by atoms with van der Waals surface area (Å²) in [7, 11) is 0. The molecule has 0 aliphatic heterocycles. The highest BCUT2D eigenvalue weighted by atomic mass is 19.4. The van der Waals surface area contributed by atoms with Gasteiger partial charge in [-0.25, -0.2) is 0 Å². The van der Waals surface area contributed by atoms with Crippen LogP contribution in [0.15, 0.2) is 24.3 Å². The van der Waals surface area contributed by atoms with Gasteiger partial charge in [0.05, 0.1) is 11.3 Å². The number of Topliss-reactive ketones (excluding diaryl/α,β-unsaturated/α-hetero) is 1. The second kappa shape index (κ2) is 3.37. The first-order valence-corrected chi connectivity index (χ1v) is 4.59. The maximum atomic E-state index is 12.4.